The van der Waals surface area contributed by atoms with Gasteiger partial charge in [0.15, 0.2) is 0 Å². The highest BCUT2D eigenvalue weighted by Crippen LogP contribution is 2.38. The molecule has 0 atom stereocenters. The topological polar surface area (TPSA) is 45.1 Å². The first-order valence-electron chi connectivity index (χ1n) is 9.98. The molecule has 0 aromatic heterocycles. The monoisotopic (exact) mass is 407 g/mol. The van der Waals surface area contributed by atoms with Crippen LogP contribution in [0.3, 0.4) is 0 Å². The van der Waals surface area contributed by atoms with Crippen molar-refractivity contribution in [3.05, 3.63) is 65.7 Å². The van der Waals surface area contributed by atoms with E-state index in [0.29, 0.717) is 16.3 Å². The fourth-order valence-electron chi connectivity index (χ4n) is 4.11. The molecule has 5 nitrogen and oxygen atoms in total. The predicted octanol–water partition coefficient (Wildman–Crippen LogP) is 3.78. The Morgan fingerprint density at radius 2 is 1.86 bits per heavy atom. The first-order chi connectivity index (χ1) is 14.1. The lowest BCUT2D eigenvalue weighted by atomic mass is 9.95. The number of nitrogens with zero attached hydrogens (tertiary/aromatic N) is 3. The maximum absolute atomic E-state index is 13.6. The Hall–Kier alpha value is -2.57. The molecule has 1 amide bonds. The molecule has 0 radical (unpaired) electrons. The third kappa shape index (κ3) is 3.58. The summed E-state index contributed by atoms with van der Waals surface area (Å²) in [5.74, 6) is 0.536. The zero-order chi connectivity index (χ0) is 20.4. The van der Waals surface area contributed by atoms with E-state index in [0.717, 1.165) is 43.8 Å². The summed E-state index contributed by atoms with van der Waals surface area (Å²) in [6.45, 7) is 4.95. The Labute approximate surface area is 177 Å². The van der Waals surface area contributed by atoms with E-state index in [1.807, 2.05) is 48.5 Å². The molecule has 1 fully saturated rings. The van der Waals surface area contributed by atoms with Gasteiger partial charge in [0.05, 0.1) is 7.11 Å². The van der Waals surface area contributed by atoms with Gasteiger partial charge in [-0.15, -0.1) is 0 Å². The number of aliphatic imine (C=N–C) groups is 1. The molecule has 29 heavy (non-hydrogen) atoms. The summed E-state index contributed by atoms with van der Waals surface area (Å²) >= 11 is 5.82. The largest absolute Gasteiger partial charge is 0.497 e. The lowest BCUT2D eigenvalue weighted by molar-refractivity contribution is 0.0544. The summed E-state index contributed by atoms with van der Waals surface area (Å²) in [7, 11) is 1.60. The van der Waals surface area contributed by atoms with E-state index in [9.17, 15) is 4.79 Å². The quantitative estimate of drug-likeness (QED) is 0.724. The number of piperidine rings is 1. The van der Waals surface area contributed by atoms with Crippen LogP contribution < -0.4 is 4.74 Å². The van der Waals surface area contributed by atoms with Crippen molar-refractivity contribution < 1.29 is 9.53 Å². The second kappa shape index (κ2) is 8.05. The standard InChI is InChI=1S/C23H25N3O2S/c1-3-25-14-12-23(13-15-25)24-20(17-8-5-4-6-9-17)22(29)26(23)21(27)18-10-7-11-19(16-18)28-2/h4-11,16H,3,12-15H2,1-2H3. The van der Waals surface area contributed by atoms with Crippen LogP contribution in [0.5, 0.6) is 5.75 Å². The highest BCUT2D eigenvalue weighted by molar-refractivity contribution is 7.82. The maximum atomic E-state index is 13.6. The van der Waals surface area contributed by atoms with Gasteiger partial charge < -0.3 is 9.64 Å². The van der Waals surface area contributed by atoms with Gasteiger partial charge in [-0.1, -0.05) is 55.5 Å². The number of rotatable bonds is 4. The van der Waals surface area contributed by atoms with Crippen LogP contribution in [0.2, 0.25) is 0 Å². The number of carbonyl (C=O) groups is 1. The molecule has 2 aliphatic heterocycles. The summed E-state index contributed by atoms with van der Waals surface area (Å²) in [6.07, 6.45) is 1.54. The van der Waals surface area contributed by atoms with Crippen molar-refractivity contribution in [2.24, 2.45) is 4.99 Å². The first-order valence-corrected chi connectivity index (χ1v) is 10.4. The van der Waals surface area contributed by atoms with E-state index < -0.39 is 5.66 Å². The minimum Gasteiger partial charge on any atom is -0.497 e. The average molecular weight is 408 g/mol. The minimum absolute atomic E-state index is 0.117. The molecule has 0 N–H and O–H groups in total. The number of benzene rings is 2. The van der Waals surface area contributed by atoms with Crippen molar-refractivity contribution in [2.45, 2.75) is 25.4 Å². The molecule has 0 saturated carbocycles. The molecule has 1 saturated heterocycles. The molecule has 150 valence electrons. The van der Waals surface area contributed by atoms with Crippen LogP contribution in [0.1, 0.15) is 35.7 Å². The van der Waals surface area contributed by atoms with Gasteiger partial charge in [0, 0.05) is 37.1 Å². The lowest BCUT2D eigenvalue weighted by Crippen LogP contribution is -2.55. The van der Waals surface area contributed by atoms with Crippen LogP contribution in [0, 0.1) is 0 Å². The summed E-state index contributed by atoms with van der Waals surface area (Å²) in [4.78, 5) is 23.4. The number of hydrogen-bond acceptors (Lipinski definition) is 5. The van der Waals surface area contributed by atoms with Crippen molar-refractivity contribution in [1.82, 2.24) is 9.80 Å². The van der Waals surface area contributed by atoms with Crippen molar-refractivity contribution >= 4 is 28.8 Å². The van der Waals surface area contributed by atoms with E-state index >= 15 is 0 Å². The number of ether oxygens (including phenoxy) is 1. The molecule has 0 unspecified atom stereocenters. The van der Waals surface area contributed by atoms with Crippen LogP contribution in [0.15, 0.2) is 59.6 Å². The molecule has 0 aliphatic carbocycles. The Balaban J connectivity index is 1.74. The average Bonchev–Trinajstić information content (AvgIpc) is 3.06. The van der Waals surface area contributed by atoms with Gasteiger partial charge in [-0.25, -0.2) is 0 Å². The predicted molar refractivity (Wildman–Crippen MR) is 119 cm³/mol. The van der Waals surface area contributed by atoms with Gasteiger partial charge in [0.25, 0.3) is 5.91 Å². The molecular formula is C23H25N3O2S. The number of thiocarbonyl (C=S) groups is 1. The Morgan fingerprint density at radius 1 is 1.14 bits per heavy atom. The molecular weight excluding hydrogens is 382 g/mol. The molecule has 1 spiro atoms. The van der Waals surface area contributed by atoms with Crippen LogP contribution in [0.25, 0.3) is 0 Å². The van der Waals surface area contributed by atoms with E-state index in [1.54, 1.807) is 18.1 Å². The molecule has 6 heteroatoms. The highest BCUT2D eigenvalue weighted by Gasteiger charge is 2.49. The maximum Gasteiger partial charge on any atom is 0.261 e. The summed E-state index contributed by atoms with van der Waals surface area (Å²) < 4.78 is 5.31. The number of methoxy groups -OCH3 is 1. The van der Waals surface area contributed by atoms with E-state index in [-0.39, 0.29) is 5.91 Å². The van der Waals surface area contributed by atoms with E-state index in [2.05, 4.69) is 11.8 Å². The normalized spacial score (nSPS) is 18.8. The fourth-order valence-corrected chi connectivity index (χ4v) is 4.53. The lowest BCUT2D eigenvalue weighted by Gasteiger charge is -2.42. The van der Waals surface area contributed by atoms with Crippen LogP contribution in [-0.2, 0) is 0 Å². The van der Waals surface area contributed by atoms with Crippen LogP contribution in [-0.4, -0.2) is 58.8 Å². The van der Waals surface area contributed by atoms with E-state index in [4.69, 9.17) is 21.9 Å². The second-order valence-electron chi connectivity index (χ2n) is 7.42. The first kappa shape index (κ1) is 19.7. The zero-order valence-electron chi connectivity index (χ0n) is 16.8. The number of hydrogen-bond donors (Lipinski definition) is 0. The Morgan fingerprint density at radius 3 is 2.52 bits per heavy atom. The SMILES string of the molecule is CCN1CCC2(CC1)N=C(c1ccccc1)C(=S)N2C(=O)c1cccc(OC)c1. The molecule has 2 heterocycles. The van der Waals surface area contributed by atoms with Crippen molar-refractivity contribution in [3.63, 3.8) is 0 Å². The fraction of sp³-hybridized carbons (Fsp3) is 0.348. The third-order valence-corrected chi connectivity index (χ3v) is 6.19. The van der Waals surface area contributed by atoms with Gasteiger partial charge in [-0.05, 0) is 24.7 Å². The smallest absolute Gasteiger partial charge is 0.261 e. The van der Waals surface area contributed by atoms with Crippen LogP contribution in [0.4, 0.5) is 0 Å². The van der Waals surface area contributed by atoms with Gasteiger partial charge >= 0.3 is 0 Å². The molecule has 2 aliphatic rings. The number of amides is 1. The minimum atomic E-state index is -0.617. The molecule has 2 aromatic carbocycles. The highest BCUT2D eigenvalue weighted by atomic mass is 32.1. The number of likely N-dealkylation sites (tertiary alicyclic amines) is 1. The van der Waals surface area contributed by atoms with Crippen molar-refractivity contribution in [2.75, 3.05) is 26.7 Å². The van der Waals surface area contributed by atoms with Gasteiger partial charge in [-0.2, -0.15) is 0 Å². The summed E-state index contributed by atoms with van der Waals surface area (Å²) in [6, 6.07) is 17.1. The molecule has 0 bridgehead atoms. The van der Waals surface area contributed by atoms with Crippen LogP contribution >= 0.6 is 12.2 Å². The Kier molecular flexibility index (Phi) is 5.48. The molecule has 4 rings (SSSR count). The second-order valence-corrected chi connectivity index (χ2v) is 7.81. The van der Waals surface area contributed by atoms with Crippen molar-refractivity contribution in [3.8, 4) is 5.75 Å². The zero-order valence-corrected chi connectivity index (χ0v) is 17.6. The van der Waals surface area contributed by atoms with E-state index in [1.165, 1.54) is 0 Å². The van der Waals surface area contributed by atoms with Gasteiger partial charge in [-0.3, -0.25) is 14.7 Å². The Bertz CT molecular complexity index is 950. The molecule has 2 aromatic rings. The van der Waals surface area contributed by atoms with Gasteiger partial charge in [0.2, 0.25) is 0 Å². The van der Waals surface area contributed by atoms with Crippen molar-refractivity contribution in [1.29, 1.82) is 0 Å². The summed E-state index contributed by atoms with van der Waals surface area (Å²) in [5, 5.41) is 0. The third-order valence-electron chi connectivity index (χ3n) is 5.81. The summed E-state index contributed by atoms with van der Waals surface area (Å²) in [5.41, 5.74) is 1.64. The number of carbonyl (C=O) groups excluding carboxylic acids is 1. The van der Waals surface area contributed by atoms with Gasteiger partial charge in [0.1, 0.15) is 22.1 Å².